The molecule has 0 spiro atoms. The van der Waals surface area contributed by atoms with Crippen LogP contribution >= 0.6 is 11.6 Å². The smallest absolute Gasteiger partial charge is 0.291 e. The first-order valence-corrected chi connectivity index (χ1v) is 8.25. The van der Waals surface area contributed by atoms with Gasteiger partial charge in [-0.1, -0.05) is 11.6 Å². The summed E-state index contributed by atoms with van der Waals surface area (Å²) in [6.45, 7) is 4.86. The molecule has 0 bridgehead atoms. The number of amides is 1. The average molecular weight is 360 g/mol. The minimum Gasteiger partial charge on any atom is -0.486 e. The lowest BCUT2D eigenvalue weighted by molar-refractivity contribution is 0.0992. The first kappa shape index (κ1) is 17.1. The third-order valence-electron chi connectivity index (χ3n) is 3.73. The third kappa shape index (κ3) is 4.03. The van der Waals surface area contributed by atoms with Crippen LogP contribution in [0.5, 0.6) is 5.75 Å². The predicted molar refractivity (Wildman–Crippen MR) is 95.1 cm³/mol. The van der Waals surface area contributed by atoms with Crippen LogP contribution in [-0.2, 0) is 13.2 Å². The molecule has 2 heterocycles. The van der Waals surface area contributed by atoms with E-state index in [4.69, 9.17) is 20.8 Å². The van der Waals surface area contributed by atoms with Crippen molar-refractivity contribution in [1.29, 1.82) is 0 Å². The molecule has 1 aromatic carbocycles. The van der Waals surface area contributed by atoms with Gasteiger partial charge in [0.1, 0.15) is 18.1 Å². The first-order valence-electron chi connectivity index (χ1n) is 7.87. The van der Waals surface area contributed by atoms with Gasteiger partial charge in [0.15, 0.2) is 5.76 Å². The van der Waals surface area contributed by atoms with Crippen LogP contribution in [0.3, 0.4) is 0 Å². The Labute approximate surface area is 150 Å². The molecule has 0 atom stereocenters. The number of aromatic nitrogens is 2. The quantitative estimate of drug-likeness (QED) is 0.712. The lowest BCUT2D eigenvalue weighted by atomic mass is 10.3. The fraction of sp³-hybridized carbons (Fsp3) is 0.222. The van der Waals surface area contributed by atoms with Crippen molar-refractivity contribution in [3.05, 3.63) is 64.8 Å². The van der Waals surface area contributed by atoms with Gasteiger partial charge < -0.3 is 14.5 Å². The van der Waals surface area contributed by atoms with Crippen LogP contribution in [0, 0.1) is 6.92 Å². The zero-order chi connectivity index (χ0) is 17.8. The van der Waals surface area contributed by atoms with E-state index < -0.39 is 0 Å². The summed E-state index contributed by atoms with van der Waals surface area (Å²) in [7, 11) is 0. The summed E-state index contributed by atoms with van der Waals surface area (Å²) >= 11 is 5.83. The van der Waals surface area contributed by atoms with Crippen LogP contribution < -0.4 is 10.1 Å². The maximum Gasteiger partial charge on any atom is 0.291 e. The largest absolute Gasteiger partial charge is 0.486 e. The SMILES string of the molecule is CCn1ncc(NC(=O)c2ccc(COc3ccc(Cl)cc3)o2)c1C. The molecule has 3 aromatic rings. The lowest BCUT2D eigenvalue weighted by Crippen LogP contribution is -2.11. The van der Waals surface area contributed by atoms with E-state index in [1.54, 1.807) is 42.6 Å². The highest BCUT2D eigenvalue weighted by Gasteiger charge is 2.14. The Balaban J connectivity index is 1.61. The van der Waals surface area contributed by atoms with Crippen LogP contribution in [0.2, 0.25) is 5.02 Å². The van der Waals surface area contributed by atoms with Gasteiger partial charge >= 0.3 is 0 Å². The molecule has 0 saturated carbocycles. The van der Waals surface area contributed by atoms with Gasteiger partial charge in [-0.2, -0.15) is 5.10 Å². The van der Waals surface area contributed by atoms with E-state index in [0.717, 1.165) is 12.2 Å². The first-order chi connectivity index (χ1) is 12.1. The molecule has 0 aliphatic rings. The maximum atomic E-state index is 12.3. The molecule has 1 amide bonds. The standard InChI is InChI=1S/C18H18ClN3O3/c1-3-22-12(2)16(10-20-22)21-18(23)17-9-8-15(25-17)11-24-14-6-4-13(19)5-7-14/h4-10H,3,11H2,1-2H3,(H,21,23). The predicted octanol–water partition coefficient (Wildman–Crippen LogP) is 4.29. The second kappa shape index (κ2) is 7.44. The molecule has 130 valence electrons. The molecule has 0 fully saturated rings. The minimum absolute atomic E-state index is 0.221. The summed E-state index contributed by atoms with van der Waals surface area (Å²) in [5.41, 5.74) is 1.57. The van der Waals surface area contributed by atoms with Crippen LogP contribution in [0.15, 0.2) is 47.0 Å². The second-order valence-electron chi connectivity index (χ2n) is 5.42. The van der Waals surface area contributed by atoms with Crippen molar-refractivity contribution in [2.45, 2.75) is 27.0 Å². The molecule has 0 aliphatic heterocycles. The molecule has 0 unspecified atom stereocenters. The van der Waals surface area contributed by atoms with Gasteiger partial charge in [-0.3, -0.25) is 9.48 Å². The zero-order valence-corrected chi connectivity index (χ0v) is 14.7. The van der Waals surface area contributed by atoms with E-state index in [0.29, 0.717) is 22.2 Å². The van der Waals surface area contributed by atoms with Crippen LogP contribution in [0.4, 0.5) is 5.69 Å². The second-order valence-corrected chi connectivity index (χ2v) is 5.86. The number of furan rings is 1. The van der Waals surface area contributed by atoms with Gasteiger partial charge in [0.2, 0.25) is 0 Å². The van der Waals surface area contributed by atoms with Crippen molar-refractivity contribution < 1.29 is 13.9 Å². The molecule has 6 nitrogen and oxygen atoms in total. The number of aryl methyl sites for hydroxylation is 1. The van der Waals surface area contributed by atoms with E-state index in [1.807, 2.05) is 18.5 Å². The molecule has 2 aromatic heterocycles. The number of ether oxygens (including phenoxy) is 1. The highest BCUT2D eigenvalue weighted by Crippen LogP contribution is 2.19. The maximum absolute atomic E-state index is 12.3. The molecule has 3 rings (SSSR count). The van der Waals surface area contributed by atoms with E-state index in [2.05, 4.69) is 10.4 Å². The minimum atomic E-state index is -0.323. The van der Waals surface area contributed by atoms with E-state index in [1.165, 1.54) is 0 Å². The lowest BCUT2D eigenvalue weighted by Gasteiger charge is -2.05. The van der Waals surface area contributed by atoms with Crippen LogP contribution in [0.1, 0.15) is 28.9 Å². The highest BCUT2D eigenvalue weighted by atomic mass is 35.5. The fourth-order valence-corrected chi connectivity index (χ4v) is 2.46. The summed E-state index contributed by atoms with van der Waals surface area (Å²) in [6, 6.07) is 10.4. The van der Waals surface area contributed by atoms with Crippen molar-refractivity contribution in [3.63, 3.8) is 0 Å². The molecular formula is C18H18ClN3O3. The molecule has 0 aliphatic carbocycles. The van der Waals surface area contributed by atoms with E-state index in [9.17, 15) is 4.79 Å². The monoisotopic (exact) mass is 359 g/mol. The molecule has 7 heteroatoms. The van der Waals surface area contributed by atoms with E-state index >= 15 is 0 Å². The van der Waals surface area contributed by atoms with Crippen LogP contribution in [0.25, 0.3) is 0 Å². The van der Waals surface area contributed by atoms with Gasteiger partial charge in [-0.05, 0) is 50.2 Å². The normalized spacial score (nSPS) is 10.7. The number of nitrogens with zero attached hydrogens (tertiary/aromatic N) is 2. The van der Waals surface area contributed by atoms with Crippen molar-refractivity contribution in [3.8, 4) is 5.75 Å². The third-order valence-corrected chi connectivity index (χ3v) is 3.98. The van der Waals surface area contributed by atoms with Crippen molar-refractivity contribution in [2.75, 3.05) is 5.32 Å². The Kier molecular flexibility index (Phi) is 5.09. The Bertz CT molecular complexity index is 868. The van der Waals surface area contributed by atoms with Gasteiger partial charge in [-0.15, -0.1) is 0 Å². The topological polar surface area (TPSA) is 69.3 Å². The van der Waals surface area contributed by atoms with Gasteiger partial charge in [0, 0.05) is 11.6 Å². The Hall–Kier alpha value is -2.73. The number of carbonyl (C=O) groups is 1. The molecule has 0 saturated heterocycles. The average Bonchev–Trinajstić information content (AvgIpc) is 3.22. The summed E-state index contributed by atoms with van der Waals surface area (Å²) in [5, 5.41) is 7.64. The summed E-state index contributed by atoms with van der Waals surface area (Å²) in [6.07, 6.45) is 1.63. The number of hydrogen-bond donors (Lipinski definition) is 1. The summed E-state index contributed by atoms with van der Waals surface area (Å²) < 4.78 is 13.0. The number of halogens is 1. The molecule has 1 N–H and O–H groups in total. The molecule has 25 heavy (non-hydrogen) atoms. The van der Waals surface area contributed by atoms with Gasteiger partial charge in [0.25, 0.3) is 5.91 Å². The van der Waals surface area contributed by atoms with Crippen molar-refractivity contribution in [2.24, 2.45) is 0 Å². The highest BCUT2D eigenvalue weighted by molar-refractivity contribution is 6.30. The number of carbonyl (C=O) groups excluding carboxylic acids is 1. The zero-order valence-electron chi connectivity index (χ0n) is 14.0. The Morgan fingerprint density at radius 1 is 1.28 bits per heavy atom. The fourth-order valence-electron chi connectivity index (χ4n) is 2.33. The van der Waals surface area contributed by atoms with Gasteiger partial charge in [0.05, 0.1) is 17.6 Å². The van der Waals surface area contributed by atoms with Crippen molar-refractivity contribution >= 4 is 23.2 Å². The van der Waals surface area contributed by atoms with Crippen LogP contribution in [-0.4, -0.2) is 15.7 Å². The van der Waals surface area contributed by atoms with Gasteiger partial charge in [-0.25, -0.2) is 0 Å². The number of hydrogen-bond acceptors (Lipinski definition) is 4. The summed E-state index contributed by atoms with van der Waals surface area (Å²) in [5.74, 6) is 1.13. The molecular weight excluding hydrogens is 342 g/mol. The number of rotatable bonds is 6. The number of benzene rings is 1. The Morgan fingerprint density at radius 2 is 2.04 bits per heavy atom. The Morgan fingerprint density at radius 3 is 2.72 bits per heavy atom. The number of nitrogens with one attached hydrogen (secondary N) is 1. The number of anilines is 1. The van der Waals surface area contributed by atoms with Crippen molar-refractivity contribution in [1.82, 2.24) is 9.78 Å². The molecule has 0 radical (unpaired) electrons. The summed E-state index contributed by atoms with van der Waals surface area (Å²) in [4.78, 5) is 12.3. The van der Waals surface area contributed by atoms with E-state index in [-0.39, 0.29) is 18.3 Å².